The number of methoxy groups -OCH3 is 1. The second kappa shape index (κ2) is 14.8. The second-order valence-corrected chi connectivity index (χ2v) is 6.76. The van der Waals surface area contributed by atoms with Crippen LogP contribution in [0.1, 0.15) is 38.2 Å². The molecule has 8 heteroatoms. The van der Waals surface area contributed by atoms with Crippen molar-refractivity contribution >= 4 is 29.9 Å². The van der Waals surface area contributed by atoms with Crippen LogP contribution in [0, 0.1) is 0 Å². The maximum Gasteiger partial charge on any atom is 0.218 e. The molecule has 0 aliphatic carbocycles. The number of ether oxygens (including phenoxy) is 2. The van der Waals surface area contributed by atoms with Crippen molar-refractivity contribution in [2.24, 2.45) is 4.99 Å². The molecule has 0 aromatic carbocycles. The van der Waals surface area contributed by atoms with Crippen molar-refractivity contribution in [3.63, 3.8) is 0 Å². The number of hydrogen-bond acceptors (Lipinski definition) is 5. The predicted molar refractivity (Wildman–Crippen MR) is 125 cm³/mol. The molecule has 0 spiro atoms. The highest BCUT2D eigenvalue weighted by Crippen LogP contribution is 2.18. The first-order valence-corrected chi connectivity index (χ1v) is 10.0. The van der Waals surface area contributed by atoms with E-state index in [9.17, 15) is 0 Å². The van der Waals surface area contributed by atoms with Gasteiger partial charge in [0.25, 0.3) is 0 Å². The average Bonchev–Trinajstić information content (AvgIpc) is 2.72. The standard InChI is InChI=1S/C20H35N5O2.HI/c1-4-18-9-5-6-12-25(18)13-11-23-20(21-2)24-16-17-8-7-10-22-19(17)27-15-14-26-3;/h7-8,10,18H,4-6,9,11-16H2,1-3H3,(H2,21,23,24);1H. The lowest BCUT2D eigenvalue weighted by Crippen LogP contribution is -2.45. The molecule has 1 aromatic heterocycles. The molecule has 2 rings (SSSR count). The van der Waals surface area contributed by atoms with E-state index in [0.29, 0.717) is 25.6 Å². The average molecular weight is 505 g/mol. The zero-order valence-corrected chi connectivity index (χ0v) is 19.8. The van der Waals surface area contributed by atoms with Gasteiger partial charge >= 0.3 is 0 Å². The number of aromatic nitrogens is 1. The molecule has 0 radical (unpaired) electrons. The van der Waals surface area contributed by atoms with Crippen molar-refractivity contribution in [2.45, 2.75) is 45.2 Å². The fourth-order valence-corrected chi connectivity index (χ4v) is 3.44. The van der Waals surface area contributed by atoms with Gasteiger partial charge in [-0.3, -0.25) is 9.89 Å². The molecule has 28 heavy (non-hydrogen) atoms. The number of pyridine rings is 1. The monoisotopic (exact) mass is 505 g/mol. The Morgan fingerprint density at radius 3 is 2.93 bits per heavy atom. The highest BCUT2D eigenvalue weighted by atomic mass is 127. The maximum atomic E-state index is 5.69. The molecule has 1 unspecified atom stereocenters. The van der Waals surface area contributed by atoms with Crippen molar-refractivity contribution in [3.05, 3.63) is 23.9 Å². The van der Waals surface area contributed by atoms with E-state index in [1.807, 2.05) is 12.1 Å². The molecule has 160 valence electrons. The Hall–Kier alpha value is -1.13. The summed E-state index contributed by atoms with van der Waals surface area (Å²) >= 11 is 0. The van der Waals surface area contributed by atoms with Crippen LogP contribution in [0.4, 0.5) is 0 Å². The quantitative estimate of drug-likeness (QED) is 0.221. The zero-order chi connectivity index (χ0) is 19.3. The van der Waals surface area contributed by atoms with Gasteiger partial charge in [0.05, 0.1) is 6.61 Å². The summed E-state index contributed by atoms with van der Waals surface area (Å²) in [5.74, 6) is 1.43. The van der Waals surface area contributed by atoms with Crippen molar-refractivity contribution in [1.82, 2.24) is 20.5 Å². The lowest BCUT2D eigenvalue weighted by atomic mass is 10.0. The summed E-state index contributed by atoms with van der Waals surface area (Å²) in [6, 6.07) is 4.66. The van der Waals surface area contributed by atoms with Crippen molar-refractivity contribution in [1.29, 1.82) is 0 Å². The van der Waals surface area contributed by atoms with Crippen molar-refractivity contribution < 1.29 is 9.47 Å². The van der Waals surface area contributed by atoms with Gasteiger partial charge in [0.1, 0.15) is 6.61 Å². The van der Waals surface area contributed by atoms with Gasteiger partial charge in [0.15, 0.2) is 5.96 Å². The molecule has 1 aliphatic rings. The van der Waals surface area contributed by atoms with Gasteiger partial charge in [0.2, 0.25) is 5.88 Å². The van der Waals surface area contributed by atoms with E-state index in [4.69, 9.17) is 9.47 Å². The summed E-state index contributed by atoms with van der Waals surface area (Å²) in [4.78, 5) is 11.2. The van der Waals surface area contributed by atoms with Gasteiger partial charge in [-0.1, -0.05) is 19.4 Å². The second-order valence-electron chi connectivity index (χ2n) is 6.76. The fourth-order valence-electron chi connectivity index (χ4n) is 3.44. The van der Waals surface area contributed by atoms with Crippen LogP contribution >= 0.6 is 24.0 Å². The Balaban J connectivity index is 0.00000392. The van der Waals surface area contributed by atoms with Crippen LogP contribution in [0.5, 0.6) is 5.88 Å². The van der Waals surface area contributed by atoms with Crippen LogP contribution < -0.4 is 15.4 Å². The summed E-state index contributed by atoms with van der Waals surface area (Å²) in [6.07, 6.45) is 6.99. The molecule has 7 nitrogen and oxygen atoms in total. The summed E-state index contributed by atoms with van der Waals surface area (Å²) in [7, 11) is 3.46. The van der Waals surface area contributed by atoms with Gasteiger partial charge in [0, 0.05) is 51.6 Å². The first kappa shape index (κ1) is 24.9. The number of hydrogen-bond donors (Lipinski definition) is 2. The van der Waals surface area contributed by atoms with Crippen molar-refractivity contribution in [3.8, 4) is 5.88 Å². The Morgan fingerprint density at radius 1 is 1.32 bits per heavy atom. The molecular formula is C20H36IN5O2. The van der Waals surface area contributed by atoms with Gasteiger partial charge in [-0.25, -0.2) is 4.98 Å². The number of piperidine rings is 1. The number of aliphatic imine (C=N–C) groups is 1. The lowest BCUT2D eigenvalue weighted by Gasteiger charge is -2.35. The minimum Gasteiger partial charge on any atom is -0.475 e. The maximum absolute atomic E-state index is 5.69. The number of likely N-dealkylation sites (tertiary alicyclic amines) is 1. The van der Waals surface area contributed by atoms with E-state index in [1.165, 1.54) is 32.2 Å². The molecule has 1 fully saturated rings. The molecule has 0 amide bonds. The molecular weight excluding hydrogens is 469 g/mol. The van der Waals surface area contributed by atoms with Crippen molar-refractivity contribution in [2.75, 3.05) is 47.0 Å². The lowest BCUT2D eigenvalue weighted by molar-refractivity contribution is 0.143. The van der Waals surface area contributed by atoms with Crippen LogP contribution in [0.25, 0.3) is 0 Å². The van der Waals surface area contributed by atoms with Gasteiger partial charge < -0.3 is 20.1 Å². The van der Waals surface area contributed by atoms with E-state index < -0.39 is 0 Å². The highest BCUT2D eigenvalue weighted by molar-refractivity contribution is 14.0. The fraction of sp³-hybridized carbons (Fsp3) is 0.700. The molecule has 2 N–H and O–H groups in total. The number of rotatable bonds is 10. The Morgan fingerprint density at radius 2 is 2.18 bits per heavy atom. The predicted octanol–water partition coefficient (Wildman–Crippen LogP) is 2.65. The van der Waals surface area contributed by atoms with E-state index >= 15 is 0 Å². The van der Waals surface area contributed by atoms with Crippen LogP contribution in [-0.4, -0.2) is 68.9 Å². The Bertz CT molecular complexity index is 573. The number of nitrogens with zero attached hydrogens (tertiary/aromatic N) is 3. The largest absolute Gasteiger partial charge is 0.475 e. The minimum absolute atomic E-state index is 0. The minimum atomic E-state index is 0. The molecule has 1 saturated heterocycles. The normalized spacial score (nSPS) is 17.7. The molecule has 1 aliphatic heterocycles. The SMILES string of the molecule is CCC1CCCCN1CCNC(=NC)NCc1cccnc1OCCOC.I. The van der Waals surface area contributed by atoms with E-state index in [1.54, 1.807) is 20.4 Å². The third kappa shape index (κ3) is 8.48. The summed E-state index contributed by atoms with van der Waals surface area (Å²) in [5.41, 5.74) is 0.999. The third-order valence-electron chi connectivity index (χ3n) is 4.96. The van der Waals surface area contributed by atoms with Crippen LogP contribution in [0.15, 0.2) is 23.3 Å². The van der Waals surface area contributed by atoms with Crippen LogP contribution in [0.2, 0.25) is 0 Å². The van der Waals surface area contributed by atoms with Gasteiger partial charge in [-0.2, -0.15) is 0 Å². The summed E-state index contributed by atoms with van der Waals surface area (Å²) < 4.78 is 10.7. The van der Waals surface area contributed by atoms with E-state index in [0.717, 1.165) is 30.7 Å². The molecule has 1 atom stereocenters. The van der Waals surface area contributed by atoms with Crippen LogP contribution in [-0.2, 0) is 11.3 Å². The third-order valence-corrected chi connectivity index (χ3v) is 4.96. The summed E-state index contributed by atoms with van der Waals surface area (Å²) in [5, 5.41) is 6.77. The van der Waals surface area contributed by atoms with Gasteiger partial charge in [-0.15, -0.1) is 24.0 Å². The first-order valence-electron chi connectivity index (χ1n) is 10.0. The highest BCUT2D eigenvalue weighted by Gasteiger charge is 2.19. The summed E-state index contributed by atoms with van der Waals surface area (Å²) in [6.45, 7) is 7.08. The number of halogens is 1. The first-order chi connectivity index (χ1) is 13.3. The Labute approximate surface area is 186 Å². The molecule has 0 bridgehead atoms. The molecule has 2 heterocycles. The number of nitrogens with one attached hydrogen (secondary N) is 2. The van der Waals surface area contributed by atoms with E-state index in [-0.39, 0.29) is 24.0 Å². The zero-order valence-electron chi connectivity index (χ0n) is 17.4. The molecule has 1 aromatic rings. The molecule has 0 saturated carbocycles. The smallest absolute Gasteiger partial charge is 0.218 e. The number of guanidine groups is 1. The van der Waals surface area contributed by atoms with Gasteiger partial charge in [-0.05, 0) is 31.9 Å². The Kier molecular flexibility index (Phi) is 13.2. The topological polar surface area (TPSA) is 71.0 Å². The van der Waals surface area contributed by atoms with Crippen LogP contribution in [0.3, 0.4) is 0 Å². The van der Waals surface area contributed by atoms with E-state index in [2.05, 4.69) is 32.4 Å².